The standard InChI is InChI=1S/C17H26N6O2/c1-5-13(15-18-19-20-23(15)17(2,3)4)21-8-10-22(11-9-21)16(24)14-7-6-12-25-14/h6-7,12-13H,5,8-11H2,1-4H3. The second-order valence-corrected chi connectivity index (χ2v) is 7.35. The molecular weight excluding hydrogens is 320 g/mol. The monoisotopic (exact) mass is 346 g/mol. The number of hydrogen-bond donors (Lipinski definition) is 0. The minimum Gasteiger partial charge on any atom is -0.459 e. The van der Waals surface area contributed by atoms with Gasteiger partial charge >= 0.3 is 0 Å². The molecule has 1 aliphatic heterocycles. The molecule has 1 atom stereocenters. The van der Waals surface area contributed by atoms with Gasteiger partial charge in [-0.2, -0.15) is 0 Å². The van der Waals surface area contributed by atoms with E-state index in [0.29, 0.717) is 18.8 Å². The number of carbonyl (C=O) groups excluding carboxylic acids is 1. The summed E-state index contributed by atoms with van der Waals surface area (Å²) in [5, 5.41) is 12.4. The highest BCUT2D eigenvalue weighted by atomic mass is 16.3. The summed E-state index contributed by atoms with van der Waals surface area (Å²) >= 11 is 0. The maximum atomic E-state index is 12.4. The summed E-state index contributed by atoms with van der Waals surface area (Å²) in [6, 6.07) is 3.60. The first kappa shape index (κ1) is 17.6. The van der Waals surface area contributed by atoms with Crippen LogP contribution in [0.5, 0.6) is 0 Å². The largest absolute Gasteiger partial charge is 0.459 e. The van der Waals surface area contributed by atoms with E-state index >= 15 is 0 Å². The molecule has 0 aromatic carbocycles. The van der Waals surface area contributed by atoms with Gasteiger partial charge in [0.2, 0.25) is 0 Å². The second kappa shape index (κ2) is 6.95. The SMILES string of the molecule is CCC(c1nnnn1C(C)(C)C)N1CCN(C(=O)c2ccco2)CC1. The molecule has 1 fully saturated rings. The lowest BCUT2D eigenvalue weighted by molar-refractivity contribution is 0.0516. The normalized spacial score (nSPS) is 17.7. The summed E-state index contributed by atoms with van der Waals surface area (Å²) in [5.41, 5.74) is -0.163. The van der Waals surface area contributed by atoms with E-state index in [1.807, 2.05) is 9.58 Å². The van der Waals surface area contributed by atoms with Crippen LogP contribution in [-0.2, 0) is 5.54 Å². The Morgan fingerprint density at radius 2 is 2.00 bits per heavy atom. The minimum atomic E-state index is -0.163. The summed E-state index contributed by atoms with van der Waals surface area (Å²) in [6.07, 6.45) is 2.45. The minimum absolute atomic E-state index is 0.0442. The van der Waals surface area contributed by atoms with Gasteiger partial charge in [0, 0.05) is 26.2 Å². The van der Waals surface area contributed by atoms with Crippen molar-refractivity contribution in [3.05, 3.63) is 30.0 Å². The van der Waals surface area contributed by atoms with Gasteiger partial charge in [-0.3, -0.25) is 9.69 Å². The van der Waals surface area contributed by atoms with Gasteiger partial charge in [0.05, 0.1) is 17.8 Å². The lowest BCUT2D eigenvalue weighted by atomic mass is 10.1. The molecule has 0 spiro atoms. The maximum Gasteiger partial charge on any atom is 0.289 e. The van der Waals surface area contributed by atoms with E-state index in [4.69, 9.17) is 4.42 Å². The molecule has 0 bridgehead atoms. The first-order chi connectivity index (χ1) is 11.9. The van der Waals surface area contributed by atoms with Crippen molar-refractivity contribution >= 4 is 5.91 Å². The summed E-state index contributed by atoms with van der Waals surface area (Å²) in [6.45, 7) is 11.4. The van der Waals surface area contributed by atoms with Crippen LogP contribution >= 0.6 is 0 Å². The van der Waals surface area contributed by atoms with Crippen molar-refractivity contribution in [1.82, 2.24) is 30.0 Å². The Hall–Kier alpha value is -2.22. The van der Waals surface area contributed by atoms with Gasteiger partial charge < -0.3 is 9.32 Å². The number of aromatic nitrogens is 4. The number of rotatable bonds is 4. The van der Waals surface area contributed by atoms with Crippen LogP contribution in [0.3, 0.4) is 0 Å². The topological polar surface area (TPSA) is 80.3 Å². The van der Waals surface area contributed by atoms with Crippen LogP contribution in [0.25, 0.3) is 0 Å². The molecule has 25 heavy (non-hydrogen) atoms. The molecule has 8 nitrogen and oxygen atoms in total. The van der Waals surface area contributed by atoms with Crippen molar-refractivity contribution in [1.29, 1.82) is 0 Å². The van der Waals surface area contributed by atoms with Gasteiger partial charge in [0.25, 0.3) is 5.91 Å². The maximum absolute atomic E-state index is 12.4. The van der Waals surface area contributed by atoms with E-state index in [2.05, 4.69) is 48.1 Å². The van der Waals surface area contributed by atoms with Crippen molar-refractivity contribution in [3.63, 3.8) is 0 Å². The lowest BCUT2D eigenvalue weighted by Gasteiger charge is -2.38. The first-order valence-electron chi connectivity index (χ1n) is 8.77. The number of hydrogen-bond acceptors (Lipinski definition) is 6. The molecule has 1 unspecified atom stereocenters. The number of piperazine rings is 1. The summed E-state index contributed by atoms with van der Waals surface area (Å²) in [4.78, 5) is 16.6. The summed E-state index contributed by atoms with van der Waals surface area (Å²) < 4.78 is 7.13. The Morgan fingerprint density at radius 1 is 1.28 bits per heavy atom. The fourth-order valence-electron chi connectivity index (χ4n) is 3.28. The van der Waals surface area contributed by atoms with Crippen molar-refractivity contribution in [3.8, 4) is 0 Å². The number of amides is 1. The molecule has 0 N–H and O–H groups in total. The van der Waals surface area contributed by atoms with Crippen LogP contribution in [0.15, 0.2) is 22.8 Å². The Labute approximate surface area is 147 Å². The van der Waals surface area contributed by atoms with Crippen LogP contribution in [0.2, 0.25) is 0 Å². The Balaban J connectivity index is 1.69. The van der Waals surface area contributed by atoms with E-state index < -0.39 is 0 Å². The molecule has 1 aliphatic rings. The van der Waals surface area contributed by atoms with Crippen molar-refractivity contribution in [2.75, 3.05) is 26.2 Å². The number of nitrogens with zero attached hydrogens (tertiary/aromatic N) is 6. The first-order valence-corrected chi connectivity index (χ1v) is 8.77. The number of tetrazole rings is 1. The average molecular weight is 346 g/mol. The molecular formula is C17H26N6O2. The molecule has 8 heteroatoms. The zero-order valence-electron chi connectivity index (χ0n) is 15.3. The van der Waals surface area contributed by atoms with Gasteiger partial charge in [-0.1, -0.05) is 6.92 Å². The summed E-state index contributed by atoms with van der Waals surface area (Å²) in [5.74, 6) is 1.25. The zero-order valence-corrected chi connectivity index (χ0v) is 15.3. The second-order valence-electron chi connectivity index (χ2n) is 7.35. The highest BCUT2D eigenvalue weighted by Crippen LogP contribution is 2.26. The molecule has 3 heterocycles. The van der Waals surface area contributed by atoms with Gasteiger partial charge in [0.1, 0.15) is 0 Å². The van der Waals surface area contributed by atoms with Crippen molar-refractivity contribution < 1.29 is 9.21 Å². The van der Waals surface area contributed by atoms with Crippen LogP contribution in [-0.4, -0.2) is 62.1 Å². The fraction of sp³-hybridized carbons (Fsp3) is 0.647. The molecule has 1 saturated heterocycles. The lowest BCUT2D eigenvalue weighted by Crippen LogP contribution is -2.50. The number of furan rings is 1. The molecule has 0 aliphatic carbocycles. The molecule has 2 aromatic rings. The van der Waals surface area contributed by atoms with Gasteiger partial charge in [-0.15, -0.1) is 5.10 Å². The third-order valence-electron chi connectivity index (χ3n) is 4.59. The Kier molecular flexibility index (Phi) is 4.89. The van der Waals surface area contributed by atoms with Crippen LogP contribution < -0.4 is 0 Å². The zero-order chi connectivity index (χ0) is 18.0. The number of carbonyl (C=O) groups is 1. The summed E-state index contributed by atoms with van der Waals surface area (Å²) in [7, 11) is 0. The van der Waals surface area contributed by atoms with Crippen LogP contribution in [0, 0.1) is 0 Å². The van der Waals surface area contributed by atoms with Crippen molar-refractivity contribution in [2.24, 2.45) is 0 Å². The predicted octanol–water partition coefficient (Wildman–Crippen LogP) is 1.93. The molecule has 0 saturated carbocycles. The molecule has 3 rings (SSSR count). The Morgan fingerprint density at radius 3 is 2.56 bits per heavy atom. The van der Waals surface area contributed by atoms with Crippen LogP contribution in [0.4, 0.5) is 0 Å². The van der Waals surface area contributed by atoms with E-state index in [-0.39, 0.29) is 17.5 Å². The third-order valence-corrected chi connectivity index (χ3v) is 4.59. The highest BCUT2D eigenvalue weighted by molar-refractivity contribution is 5.91. The van der Waals surface area contributed by atoms with Crippen molar-refractivity contribution in [2.45, 2.75) is 45.7 Å². The average Bonchev–Trinajstić information content (AvgIpc) is 3.27. The highest BCUT2D eigenvalue weighted by Gasteiger charge is 2.32. The molecule has 2 aromatic heterocycles. The fourth-order valence-corrected chi connectivity index (χ4v) is 3.28. The van der Waals surface area contributed by atoms with E-state index in [1.165, 1.54) is 6.26 Å². The van der Waals surface area contributed by atoms with Crippen LogP contribution in [0.1, 0.15) is 56.5 Å². The predicted molar refractivity (Wildman–Crippen MR) is 92.0 cm³/mol. The van der Waals surface area contributed by atoms with Gasteiger partial charge in [0.15, 0.2) is 11.6 Å². The van der Waals surface area contributed by atoms with Gasteiger partial charge in [-0.05, 0) is 49.8 Å². The quantitative estimate of drug-likeness (QED) is 0.841. The van der Waals surface area contributed by atoms with Gasteiger partial charge in [-0.25, -0.2) is 4.68 Å². The third kappa shape index (κ3) is 3.58. The smallest absolute Gasteiger partial charge is 0.289 e. The Bertz CT molecular complexity index is 695. The molecule has 0 radical (unpaired) electrons. The van der Waals surface area contributed by atoms with E-state index in [9.17, 15) is 4.79 Å². The van der Waals surface area contributed by atoms with E-state index in [0.717, 1.165) is 25.3 Å². The molecule has 136 valence electrons. The molecule has 1 amide bonds. The van der Waals surface area contributed by atoms with E-state index in [1.54, 1.807) is 12.1 Å².